The van der Waals surface area contributed by atoms with Gasteiger partial charge in [-0.25, -0.2) is 4.39 Å². The number of ketones is 1. The van der Waals surface area contributed by atoms with Gasteiger partial charge < -0.3 is 24.2 Å². The molecule has 1 amide bonds. The molecule has 0 aliphatic carbocycles. The van der Waals surface area contributed by atoms with Gasteiger partial charge in [-0.15, -0.1) is 0 Å². The van der Waals surface area contributed by atoms with Crippen LogP contribution in [-0.2, 0) is 16.0 Å². The Morgan fingerprint density at radius 2 is 1.71 bits per heavy atom. The molecule has 38 heavy (non-hydrogen) atoms. The van der Waals surface area contributed by atoms with E-state index in [9.17, 15) is 19.1 Å². The van der Waals surface area contributed by atoms with Gasteiger partial charge in [-0.1, -0.05) is 37.3 Å². The Kier molecular flexibility index (Phi) is 8.31. The second-order valence-corrected chi connectivity index (χ2v) is 8.86. The van der Waals surface area contributed by atoms with E-state index >= 15 is 0 Å². The number of aliphatic hydroxyl groups excluding tert-OH is 1. The van der Waals surface area contributed by atoms with Crippen molar-refractivity contribution in [3.8, 4) is 17.2 Å². The summed E-state index contributed by atoms with van der Waals surface area (Å²) in [6.45, 7) is 2.66. The van der Waals surface area contributed by atoms with Gasteiger partial charge in [0.15, 0.2) is 11.5 Å². The molecule has 1 aliphatic rings. The Balaban J connectivity index is 1.80. The molecular formula is C30H30FNO6. The van der Waals surface area contributed by atoms with Crippen molar-refractivity contribution in [3.05, 3.63) is 94.8 Å². The summed E-state index contributed by atoms with van der Waals surface area (Å²) in [6.07, 6.45) is 1.20. The smallest absolute Gasteiger partial charge is 0.295 e. The van der Waals surface area contributed by atoms with E-state index in [0.717, 1.165) is 12.0 Å². The van der Waals surface area contributed by atoms with Gasteiger partial charge >= 0.3 is 0 Å². The topological polar surface area (TPSA) is 85.3 Å². The maximum absolute atomic E-state index is 13.4. The highest BCUT2D eigenvalue weighted by Crippen LogP contribution is 2.42. The minimum absolute atomic E-state index is 0.0334. The molecule has 1 aliphatic heterocycles. The summed E-state index contributed by atoms with van der Waals surface area (Å²) in [5.74, 6) is -0.722. The van der Waals surface area contributed by atoms with Crippen LogP contribution in [0.5, 0.6) is 17.2 Å². The first kappa shape index (κ1) is 26.7. The van der Waals surface area contributed by atoms with Crippen molar-refractivity contribution in [3.63, 3.8) is 0 Å². The SMILES string of the molecule is CCCOc1cccc(/C(O)=C2/C(=O)C(=O)N(CCc3ccc(F)cc3)C2c2ccc(OC)c(OC)c2)c1. The Morgan fingerprint density at radius 3 is 2.39 bits per heavy atom. The number of Topliss-reactive ketones (excluding diaryl/α,β-unsaturated/α-hetero) is 1. The zero-order valence-electron chi connectivity index (χ0n) is 21.6. The van der Waals surface area contributed by atoms with E-state index in [0.29, 0.717) is 41.4 Å². The van der Waals surface area contributed by atoms with Gasteiger partial charge in [0, 0.05) is 12.1 Å². The number of benzene rings is 3. The molecule has 0 bridgehead atoms. The normalized spacial score (nSPS) is 16.5. The second-order valence-electron chi connectivity index (χ2n) is 8.86. The third kappa shape index (κ3) is 5.49. The first-order valence-corrected chi connectivity index (χ1v) is 12.4. The summed E-state index contributed by atoms with van der Waals surface area (Å²) >= 11 is 0. The van der Waals surface area contributed by atoms with Crippen molar-refractivity contribution in [2.75, 3.05) is 27.4 Å². The predicted molar refractivity (Wildman–Crippen MR) is 141 cm³/mol. The molecule has 3 aromatic carbocycles. The van der Waals surface area contributed by atoms with Crippen LogP contribution in [0.15, 0.2) is 72.3 Å². The predicted octanol–water partition coefficient (Wildman–Crippen LogP) is 5.30. The lowest BCUT2D eigenvalue weighted by Gasteiger charge is -2.26. The average Bonchev–Trinajstić information content (AvgIpc) is 3.20. The maximum Gasteiger partial charge on any atom is 0.295 e. The lowest BCUT2D eigenvalue weighted by molar-refractivity contribution is -0.139. The number of nitrogens with zero attached hydrogens (tertiary/aromatic N) is 1. The van der Waals surface area contributed by atoms with Crippen LogP contribution in [0, 0.1) is 5.82 Å². The Morgan fingerprint density at radius 1 is 0.974 bits per heavy atom. The number of hydrogen-bond acceptors (Lipinski definition) is 6. The van der Waals surface area contributed by atoms with Crippen LogP contribution in [0.3, 0.4) is 0 Å². The number of methoxy groups -OCH3 is 2. The van der Waals surface area contributed by atoms with Gasteiger partial charge in [-0.3, -0.25) is 9.59 Å². The van der Waals surface area contributed by atoms with E-state index in [1.54, 1.807) is 54.6 Å². The van der Waals surface area contributed by atoms with Gasteiger partial charge in [-0.2, -0.15) is 0 Å². The number of halogens is 1. The Labute approximate surface area is 221 Å². The fraction of sp³-hybridized carbons (Fsp3) is 0.267. The van der Waals surface area contributed by atoms with Crippen molar-refractivity contribution >= 4 is 17.4 Å². The van der Waals surface area contributed by atoms with Crippen LogP contribution < -0.4 is 14.2 Å². The van der Waals surface area contributed by atoms with E-state index in [1.807, 2.05) is 6.92 Å². The quantitative estimate of drug-likeness (QED) is 0.222. The lowest BCUT2D eigenvalue weighted by Crippen LogP contribution is -2.31. The molecular weight excluding hydrogens is 489 g/mol. The van der Waals surface area contributed by atoms with Crippen molar-refractivity contribution in [1.82, 2.24) is 4.90 Å². The third-order valence-corrected chi connectivity index (χ3v) is 6.40. The summed E-state index contributed by atoms with van der Waals surface area (Å²) in [5, 5.41) is 11.4. The molecule has 1 fully saturated rings. The molecule has 1 unspecified atom stereocenters. The molecule has 0 radical (unpaired) electrons. The summed E-state index contributed by atoms with van der Waals surface area (Å²) in [7, 11) is 3.01. The summed E-state index contributed by atoms with van der Waals surface area (Å²) in [4.78, 5) is 28.1. The van der Waals surface area contributed by atoms with Crippen LogP contribution in [0.2, 0.25) is 0 Å². The number of hydrogen-bond donors (Lipinski definition) is 1. The van der Waals surface area contributed by atoms with E-state index in [-0.39, 0.29) is 23.7 Å². The average molecular weight is 520 g/mol. The first-order valence-electron chi connectivity index (χ1n) is 12.4. The molecule has 1 heterocycles. The van der Waals surface area contributed by atoms with Gasteiger partial charge in [0.2, 0.25) is 0 Å². The van der Waals surface area contributed by atoms with Crippen LogP contribution in [0.25, 0.3) is 5.76 Å². The molecule has 7 nitrogen and oxygen atoms in total. The number of carbonyl (C=O) groups excluding carboxylic acids is 2. The molecule has 198 valence electrons. The van der Waals surface area contributed by atoms with Crippen molar-refractivity contribution in [2.45, 2.75) is 25.8 Å². The number of carbonyl (C=O) groups is 2. The first-order chi connectivity index (χ1) is 18.4. The molecule has 8 heteroatoms. The van der Waals surface area contributed by atoms with Crippen molar-refractivity contribution in [2.24, 2.45) is 0 Å². The highest BCUT2D eigenvalue weighted by molar-refractivity contribution is 6.46. The van der Waals surface area contributed by atoms with Crippen LogP contribution in [0.4, 0.5) is 4.39 Å². The van der Waals surface area contributed by atoms with Gasteiger partial charge in [0.05, 0.1) is 32.4 Å². The molecule has 4 rings (SSSR count). The number of likely N-dealkylation sites (tertiary alicyclic amines) is 1. The largest absolute Gasteiger partial charge is 0.507 e. The highest BCUT2D eigenvalue weighted by atomic mass is 19.1. The zero-order chi connectivity index (χ0) is 27.2. The third-order valence-electron chi connectivity index (χ3n) is 6.40. The standard InChI is InChI=1S/C30H30FNO6/c1-4-16-38-23-7-5-6-21(17-23)28(33)26-27(20-10-13-24(36-2)25(18-20)37-3)32(30(35)29(26)34)15-14-19-8-11-22(31)12-9-19/h5-13,17-18,27,33H,4,14-16H2,1-3H3/b28-26-. The monoisotopic (exact) mass is 519 g/mol. The molecule has 0 spiro atoms. The Bertz CT molecular complexity index is 1350. The Hall–Kier alpha value is -4.33. The molecule has 0 saturated carbocycles. The van der Waals surface area contributed by atoms with Crippen LogP contribution >= 0.6 is 0 Å². The maximum atomic E-state index is 13.4. The van der Waals surface area contributed by atoms with E-state index in [1.165, 1.54) is 31.3 Å². The highest BCUT2D eigenvalue weighted by Gasteiger charge is 2.46. The molecule has 0 aromatic heterocycles. The number of amides is 1. The number of rotatable bonds is 10. The van der Waals surface area contributed by atoms with Crippen molar-refractivity contribution in [1.29, 1.82) is 0 Å². The van der Waals surface area contributed by atoms with E-state index in [2.05, 4.69) is 0 Å². The summed E-state index contributed by atoms with van der Waals surface area (Å²) in [6, 6.07) is 17.0. The second kappa shape index (κ2) is 11.8. The van der Waals surface area contributed by atoms with Gasteiger partial charge in [0.25, 0.3) is 11.7 Å². The van der Waals surface area contributed by atoms with Gasteiger partial charge in [0.1, 0.15) is 17.3 Å². The van der Waals surface area contributed by atoms with E-state index < -0.39 is 17.7 Å². The number of aliphatic hydroxyl groups is 1. The van der Waals surface area contributed by atoms with Crippen molar-refractivity contribution < 1.29 is 33.3 Å². The molecule has 1 atom stereocenters. The fourth-order valence-corrected chi connectivity index (χ4v) is 4.49. The van der Waals surface area contributed by atoms with Crippen LogP contribution in [-0.4, -0.2) is 49.1 Å². The summed E-state index contributed by atoms with van der Waals surface area (Å²) in [5.41, 5.74) is 1.70. The minimum Gasteiger partial charge on any atom is -0.507 e. The fourth-order valence-electron chi connectivity index (χ4n) is 4.49. The molecule has 1 saturated heterocycles. The summed E-state index contributed by atoms with van der Waals surface area (Å²) < 4.78 is 29.9. The minimum atomic E-state index is -0.879. The molecule has 1 N–H and O–H groups in total. The molecule has 3 aromatic rings. The number of ether oxygens (including phenoxy) is 3. The lowest BCUT2D eigenvalue weighted by atomic mass is 9.94. The van der Waals surface area contributed by atoms with E-state index in [4.69, 9.17) is 14.2 Å². The van der Waals surface area contributed by atoms with Gasteiger partial charge in [-0.05, 0) is 60.4 Å². The van der Waals surface area contributed by atoms with Crippen LogP contribution in [0.1, 0.15) is 36.1 Å². The zero-order valence-corrected chi connectivity index (χ0v) is 21.6.